The van der Waals surface area contributed by atoms with E-state index < -0.39 is 0 Å². The lowest BCUT2D eigenvalue weighted by molar-refractivity contribution is 1.07. The van der Waals surface area contributed by atoms with Gasteiger partial charge < -0.3 is 4.57 Å². The van der Waals surface area contributed by atoms with Crippen molar-refractivity contribution < 1.29 is 0 Å². The molecule has 5 heteroatoms. The monoisotopic (exact) mass is 580 g/mol. The average molecular weight is 581 g/mol. The van der Waals surface area contributed by atoms with Gasteiger partial charge in [-0.1, -0.05) is 109 Å². The Balaban J connectivity index is 1.29. The van der Waals surface area contributed by atoms with Crippen molar-refractivity contribution in [3.63, 3.8) is 0 Å². The van der Waals surface area contributed by atoms with E-state index in [1.54, 1.807) is 0 Å². The van der Waals surface area contributed by atoms with Crippen LogP contribution >= 0.6 is 11.3 Å². The second kappa shape index (κ2) is 9.97. The molecule has 0 amide bonds. The van der Waals surface area contributed by atoms with Crippen LogP contribution in [0.25, 0.3) is 81.8 Å². The Hall–Kier alpha value is -5.65. The van der Waals surface area contributed by atoms with Gasteiger partial charge in [0.2, 0.25) is 0 Å². The lowest BCUT2D eigenvalue weighted by atomic mass is 10.1. The summed E-state index contributed by atoms with van der Waals surface area (Å²) in [5.41, 5.74) is 6.28. The molecule has 0 atom stereocenters. The molecule has 0 spiro atoms. The molecule has 3 aromatic heterocycles. The molecule has 0 saturated carbocycles. The summed E-state index contributed by atoms with van der Waals surface area (Å²) in [6.07, 6.45) is 0. The second-order valence-electron chi connectivity index (χ2n) is 10.9. The fraction of sp³-hybridized carbons (Fsp3) is 0. The Labute approximate surface area is 257 Å². The molecule has 0 saturated heterocycles. The van der Waals surface area contributed by atoms with Crippen LogP contribution in [0.2, 0.25) is 0 Å². The fourth-order valence-electron chi connectivity index (χ4n) is 6.18. The molecule has 44 heavy (non-hydrogen) atoms. The average Bonchev–Trinajstić information content (AvgIpc) is 3.64. The highest BCUT2D eigenvalue weighted by Gasteiger charge is 2.17. The molecular formula is C39H24N4S. The van der Waals surface area contributed by atoms with Crippen LogP contribution in [0.5, 0.6) is 0 Å². The Morgan fingerprint density at radius 1 is 0.386 bits per heavy atom. The van der Waals surface area contributed by atoms with Gasteiger partial charge >= 0.3 is 0 Å². The first-order valence-electron chi connectivity index (χ1n) is 14.6. The molecule has 0 fully saturated rings. The fourth-order valence-corrected chi connectivity index (χ4v) is 7.27. The quantitative estimate of drug-likeness (QED) is 0.208. The lowest BCUT2D eigenvalue weighted by Crippen LogP contribution is -2.00. The first-order valence-corrected chi connectivity index (χ1v) is 15.4. The van der Waals surface area contributed by atoms with Crippen molar-refractivity contribution in [1.29, 1.82) is 0 Å². The molecule has 9 aromatic rings. The maximum atomic E-state index is 5.00. The van der Waals surface area contributed by atoms with E-state index in [0.717, 1.165) is 27.9 Å². The molecule has 4 nitrogen and oxygen atoms in total. The highest BCUT2D eigenvalue weighted by Crippen LogP contribution is 2.38. The number of hydrogen-bond acceptors (Lipinski definition) is 4. The molecule has 0 aliphatic rings. The lowest BCUT2D eigenvalue weighted by Gasteiger charge is -2.11. The summed E-state index contributed by atoms with van der Waals surface area (Å²) in [6, 6.07) is 50.9. The molecule has 0 N–H and O–H groups in total. The van der Waals surface area contributed by atoms with Gasteiger partial charge in [0.05, 0.1) is 11.0 Å². The van der Waals surface area contributed by atoms with Crippen molar-refractivity contribution in [1.82, 2.24) is 19.5 Å². The van der Waals surface area contributed by atoms with Gasteiger partial charge in [0.25, 0.3) is 0 Å². The van der Waals surface area contributed by atoms with Crippen molar-refractivity contribution in [2.45, 2.75) is 0 Å². The number of nitrogens with zero attached hydrogens (tertiary/aromatic N) is 4. The SMILES string of the molecule is c1ccc(-c2nc(-c3ccccc3)nc(-c3ccc4c5ccccc5n(-c5ccc6sc7ccccc7c6c5)c4c3)n2)cc1. The van der Waals surface area contributed by atoms with E-state index in [4.69, 9.17) is 15.0 Å². The van der Waals surface area contributed by atoms with Gasteiger partial charge in [0.1, 0.15) is 0 Å². The zero-order chi connectivity index (χ0) is 29.0. The Morgan fingerprint density at radius 2 is 0.955 bits per heavy atom. The van der Waals surface area contributed by atoms with Crippen LogP contribution in [-0.2, 0) is 0 Å². The minimum atomic E-state index is 0.649. The molecule has 6 aromatic carbocycles. The molecule has 0 aliphatic heterocycles. The van der Waals surface area contributed by atoms with Crippen LogP contribution in [0.3, 0.4) is 0 Å². The van der Waals surface area contributed by atoms with Crippen molar-refractivity contribution in [2.24, 2.45) is 0 Å². The summed E-state index contributed by atoms with van der Waals surface area (Å²) in [4.78, 5) is 14.9. The third-order valence-electron chi connectivity index (χ3n) is 8.25. The number of thiophene rings is 1. The normalized spacial score (nSPS) is 11.6. The molecule has 3 heterocycles. The van der Waals surface area contributed by atoms with E-state index in [9.17, 15) is 0 Å². The van der Waals surface area contributed by atoms with Gasteiger partial charge in [-0.25, -0.2) is 15.0 Å². The predicted octanol–water partition coefficient (Wildman–Crippen LogP) is 10.3. The van der Waals surface area contributed by atoms with Crippen LogP contribution in [-0.4, -0.2) is 19.5 Å². The van der Waals surface area contributed by atoms with Crippen LogP contribution in [0, 0.1) is 0 Å². The van der Waals surface area contributed by atoms with Gasteiger partial charge in [0.15, 0.2) is 17.5 Å². The van der Waals surface area contributed by atoms with Crippen LogP contribution in [0.4, 0.5) is 0 Å². The first-order chi connectivity index (χ1) is 21.8. The number of benzene rings is 6. The standard InChI is InChI=1S/C39H24N4S/c1-3-11-25(12-4-1)37-40-38(26-13-5-2-6-14-26)42-39(41-37)27-19-21-30-29-15-7-9-17-33(29)43(34(30)23-27)28-20-22-36-32(24-28)31-16-8-10-18-35(31)44-36/h1-24H. The van der Waals surface area contributed by atoms with Crippen LogP contribution in [0.1, 0.15) is 0 Å². The highest BCUT2D eigenvalue weighted by atomic mass is 32.1. The summed E-state index contributed by atoms with van der Waals surface area (Å²) in [7, 11) is 0. The van der Waals surface area contributed by atoms with E-state index in [0.29, 0.717) is 17.5 Å². The third kappa shape index (κ3) is 4.02. The summed E-state index contributed by atoms with van der Waals surface area (Å²) in [6.45, 7) is 0. The maximum absolute atomic E-state index is 5.00. The van der Waals surface area contributed by atoms with Crippen molar-refractivity contribution in [2.75, 3.05) is 0 Å². The van der Waals surface area contributed by atoms with Gasteiger partial charge in [-0.3, -0.25) is 0 Å². The van der Waals surface area contributed by atoms with Crippen molar-refractivity contribution >= 4 is 53.3 Å². The number of aromatic nitrogens is 4. The van der Waals surface area contributed by atoms with Crippen molar-refractivity contribution in [3.05, 3.63) is 146 Å². The zero-order valence-electron chi connectivity index (χ0n) is 23.6. The van der Waals surface area contributed by atoms with Crippen LogP contribution in [0.15, 0.2) is 146 Å². The number of rotatable bonds is 4. The molecule has 0 bridgehead atoms. The zero-order valence-corrected chi connectivity index (χ0v) is 24.4. The molecule has 206 valence electrons. The van der Waals surface area contributed by atoms with Crippen LogP contribution < -0.4 is 0 Å². The van der Waals surface area contributed by atoms with E-state index >= 15 is 0 Å². The van der Waals surface area contributed by atoms with E-state index in [-0.39, 0.29) is 0 Å². The Bertz CT molecular complexity index is 2440. The van der Waals surface area contributed by atoms with Crippen molar-refractivity contribution in [3.8, 4) is 39.9 Å². The number of hydrogen-bond donors (Lipinski definition) is 0. The van der Waals surface area contributed by atoms with E-state index in [2.05, 4.69) is 89.5 Å². The second-order valence-corrected chi connectivity index (χ2v) is 12.0. The minimum Gasteiger partial charge on any atom is -0.309 e. The Kier molecular flexibility index (Phi) is 5.64. The summed E-state index contributed by atoms with van der Waals surface area (Å²) in [5, 5.41) is 4.99. The van der Waals surface area contributed by atoms with Gasteiger partial charge in [-0.05, 0) is 36.4 Å². The van der Waals surface area contributed by atoms with Gasteiger partial charge in [-0.15, -0.1) is 11.3 Å². The largest absolute Gasteiger partial charge is 0.309 e. The molecule has 0 unspecified atom stereocenters. The Morgan fingerprint density at radius 3 is 1.68 bits per heavy atom. The molecular weight excluding hydrogens is 557 g/mol. The minimum absolute atomic E-state index is 0.649. The summed E-state index contributed by atoms with van der Waals surface area (Å²) >= 11 is 1.84. The summed E-state index contributed by atoms with van der Waals surface area (Å²) in [5.74, 6) is 1.96. The summed E-state index contributed by atoms with van der Waals surface area (Å²) < 4.78 is 4.98. The first kappa shape index (κ1) is 24.9. The maximum Gasteiger partial charge on any atom is 0.164 e. The predicted molar refractivity (Wildman–Crippen MR) is 183 cm³/mol. The topological polar surface area (TPSA) is 43.6 Å². The smallest absolute Gasteiger partial charge is 0.164 e. The third-order valence-corrected chi connectivity index (χ3v) is 9.40. The number of fused-ring (bicyclic) bond motifs is 6. The molecule has 0 radical (unpaired) electrons. The van der Waals surface area contributed by atoms with E-state index in [1.807, 2.05) is 72.0 Å². The van der Waals surface area contributed by atoms with E-state index in [1.165, 1.54) is 36.5 Å². The molecule has 0 aliphatic carbocycles. The number of para-hydroxylation sites is 1. The highest BCUT2D eigenvalue weighted by molar-refractivity contribution is 7.25. The molecule has 9 rings (SSSR count). The van der Waals surface area contributed by atoms with Gasteiger partial charge in [-0.2, -0.15) is 0 Å². The van der Waals surface area contributed by atoms with Gasteiger partial charge in [0, 0.05) is 53.3 Å².